The second-order valence-electron chi connectivity index (χ2n) is 4.74. The van der Waals surface area contributed by atoms with E-state index in [1.807, 2.05) is 18.2 Å². The molecule has 98 valence electrons. The van der Waals surface area contributed by atoms with Crippen molar-refractivity contribution in [3.05, 3.63) is 64.2 Å². The van der Waals surface area contributed by atoms with Gasteiger partial charge in [0.2, 0.25) is 0 Å². The van der Waals surface area contributed by atoms with E-state index in [0.717, 1.165) is 29.5 Å². The van der Waals surface area contributed by atoms with Gasteiger partial charge in [-0.25, -0.2) is 8.78 Å². The molecule has 1 aliphatic rings. The molecule has 0 radical (unpaired) electrons. The lowest BCUT2D eigenvalue weighted by atomic mass is 10.1. The topological polar surface area (TPSA) is 12.0 Å². The van der Waals surface area contributed by atoms with Crippen molar-refractivity contribution in [2.75, 3.05) is 5.32 Å². The maximum absolute atomic E-state index is 13.2. The van der Waals surface area contributed by atoms with Crippen LogP contribution in [0.2, 0.25) is 5.02 Å². The quantitative estimate of drug-likeness (QED) is 0.839. The molecule has 0 aliphatic heterocycles. The van der Waals surface area contributed by atoms with Gasteiger partial charge in [-0.3, -0.25) is 0 Å². The number of anilines is 1. The zero-order valence-electron chi connectivity index (χ0n) is 10.1. The molecule has 1 unspecified atom stereocenters. The van der Waals surface area contributed by atoms with Crippen LogP contribution in [-0.2, 0) is 6.42 Å². The van der Waals surface area contributed by atoms with Crippen LogP contribution in [0.5, 0.6) is 0 Å². The number of halogens is 3. The molecule has 0 bridgehead atoms. The van der Waals surface area contributed by atoms with E-state index in [0.29, 0.717) is 5.69 Å². The normalized spacial score (nSPS) is 17.3. The average Bonchev–Trinajstić information content (AvgIpc) is 2.70. The van der Waals surface area contributed by atoms with E-state index in [9.17, 15) is 8.78 Å². The van der Waals surface area contributed by atoms with E-state index in [1.54, 1.807) is 0 Å². The van der Waals surface area contributed by atoms with Crippen molar-refractivity contribution in [1.82, 2.24) is 0 Å². The molecule has 0 heterocycles. The highest BCUT2D eigenvalue weighted by Crippen LogP contribution is 2.35. The summed E-state index contributed by atoms with van der Waals surface area (Å²) >= 11 is 5.95. The minimum absolute atomic E-state index is 0.0773. The fourth-order valence-electron chi connectivity index (χ4n) is 2.57. The Kier molecular flexibility index (Phi) is 3.15. The fourth-order valence-corrected chi connectivity index (χ4v) is 2.77. The Morgan fingerprint density at radius 1 is 1.05 bits per heavy atom. The third-order valence-corrected chi connectivity index (χ3v) is 3.62. The van der Waals surface area contributed by atoms with Gasteiger partial charge in [0.15, 0.2) is 0 Å². The molecule has 0 spiro atoms. The summed E-state index contributed by atoms with van der Waals surface area (Å²) in [6.07, 6.45) is 1.82. The summed E-state index contributed by atoms with van der Waals surface area (Å²) in [5.74, 6) is -1.14. The number of aryl methyl sites for hydroxylation is 1. The molecular weight excluding hydrogens is 268 g/mol. The lowest BCUT2D eigenvalue weighted by Crippen LogP contribution is -2.07. The first-order valence-corrected chi connectivity index (χ1v) is 6.50. The lowest BCUT2D eigenvalue weighted by Gasteiger charge is -2.15. The van der Waals surface area contributed by atoms with Crippen molar-refractivity contribution in [2.45, 2.75) is 18.9 Å². The monoisotopic (exact) mass is 279 g/mol. The van der Waals surface area contributed by atoms with Crippen LogP contribution in [0.4, 0.5) is 14.5 Å². The number of hydrogen-bond acceptors (Lipinski definition) is 1. The van der Waals surface area contributed by atoms with E-state index in [4.69, 9.17) is 11.6 Å². The van der Waals surface area contributed by atoms with E-state index in [-0.39, 0.29) is 6.04 Å². The van der Waals surface area contributed by atoms with Crippen molar-refractivity contribution in [1.29, 1.82) is 0 Å². The van der Waals surface area contributed by atoms with Crippen LogP contribution < -0.4 is 5.32 Å². The van der Waals surface area contributed by atoms with E-state index in [1.165, 1.54) is 17.7 Å². The van der Waals surface area contributed by atoms with Crippen LogP contribution in [-0.4, -0.2) is 0 Å². The number of rotatable bonds is 2. The summed E-state index contributed by atoms with van der Waals surface area (Å²) in [5, 5.41) is 3.89. The predicted octanol–water partition coefficient (Wildman–Crippen LogP) is 4.72. The lowest BCUT2D eigenvalue weighted by molar-refractivity contribution is 0.583. The van der Waals surface area contributed by atoms with Crippen LogP contribution >= 0.6 is 11.6 Å². The van der Waals surface area contributed by atoms with Crippen LogP contribution in [0.3, 0.4) is 0 Å². The number of nitrogens with one attached hydrogen (secondary N) is 1. The fraction of sp³-hybridized carbons (Fsp3) is 0.200. The summed E-state index contributed by atoms with van der Waals surface area (Å²) in [5.41, 5.74) is 2.81. The summed E-state index contributed by atoms with van der Waals surface area (Å²) in [6, 6.07) is 9.31. The molecular formula is C15H12ClF2N. The van der Waals surface area contributed by atoms with Crippen molar-refractivity contribution in [3.8, 4) is 0 Å². The van der Waals surface area contributed by atoms with Gasteiger partial charge in [0.25, 0.3) is 0 Å². The molecule has 2 aromatic carbocycles. The SMILES string of the molecule is Fc1cc(F)cc(NC2CCc3cc(Cl)ccc32)c1. The van der Waals surface area contributed by atoms with Gasteiger partial charge in [-0.05, 0) is 48.2 Å². The van der Waals surface area contributed by atoms with Gasteiger partial charge in [-0.2, -0.15) is 0 Å². The second kappa shape index (κ2) is 4.82. The highest BCUT2D eigenvalue weighted by atomic mass is 35.5. The minimum atomic E-state index is -0.572. The summed E-state index contributed by atoms with van der Waals surface area (Å²) in [4.78, 5) is 0. The molecule has 3 rings (SSSR count). The molecule has 1 N–H and O–H groups in total. The summed E-state index contributed by atoms with van der Waals surface area (Å²) in [6.45, 7) is 0. The van der Waals surface area contributed by atoms with E-state index >= 15 is 0 Å². The highest BCUT2D eigenvalue weighted by molar-refractivity contribution is 6.30. The van der Waals surface area contributed by atoms with Crippen LogP contribution in [0.1, 0.15) is 23.6 Å². The Balaban J connectivity index is 1.86. The summed E-state index contributed by atoms with van der Waals surface area (Å²) < 4.78 is 26.3. The van der Waals surface area contributed by atoms with Crippen molar-refractivity contribution < 1.29 is 8.78 Å². The van der Waals surface area contributed by atoms with Crippen molar-refractivity contribution in [3.63, 3.8) is 0 Å². The van der Waals surface area contributed by atoms with Crippen LogP contribution in [0.25, 0.3) is 0 Å². The minimum Gasteiger partial charge on any atom is -0.378 e. The molecule has 0 amide bonds. The van der Waals surface area contributed by atoms with E-state index < -0.39 is 11.6 Å². The van der Waals surface area contributed by atoms with Crippen molar-refractivity contribution in [2.24, 2.45) is 0 Å². The third-order valence-electron chi connectivity index (χ3n) is 3.39. The maximum Gasteiger partial charge on any atom is 0.128 e. The highest BCUT2D eigenvalue weighted by Gasteiger charge is 2.22. The van der Waals surface area contributed by atoms with Gasteiger partial charge in [-0.1, -0.05) is 17.7 Å². The van der Waals surface area contributed by atoms with Crippen molar-refractivity contribution >= 4 is 17.3 Å². The summed E-state index contributed by atoms with van der Waals surface area (Å²) in [7, 11) is 0. The molecule has 2 aromatic rings. The Hall–Kier alpha value is -1.61. The molecule has 0 aromatic heterocycles. The first-order valence-electron chi connectivity index (χ1n) is 6.13. The van der Waals surface area contributed by atoms with Gasteiger partial charge in [0, 0.05) is 16.8 Å². The second-order valence-corrected chi connectivity index (χ2v) is 5.17. The number of benzene rings is 2. The standard InChI is InChI=1S/C15H12ClF2N/c16-10-2-3-14-9(5-10)1-4-15(14)19-13-7-11(17)6-12(18)8-13/h2-3,5-8,15,19H,1,4H2. The molecule has 1 atom stereocenters. The van der Waals surface area contributed by atoms with E-state index in [2.05, 4.69) is 5.32 Å². The Morgan fingerprint density at radius 3 is 2.53 bits per heavy atom. The Labute approximate surface area is 115 Å². The predicted molar refractivity (Wildman–Crippen MR) is 72.5 cm³/mol. The van der Waals surface area contributed by atoms with Gasteiger partial charge < -0.3 is 5.32 Å². The molecule has 4 heteroatoms. The maximum atomic E-state index is 13.2. The van der Waals surface area contributed by atoms with Gasteiger partial charge in [-0.15, -0.1) is 0 Å². The number of fused-ring (bicyclic) bond motifs is 1. The first kappa shape index (κ1) is 12.4. The number of hydrogen-bond donors (Lipinski definition) is 1. The van der Waals surface area contributed by atoms with Gasteiger partial charge >= 0.3 is 0 Å². The molecule has 1 aliphatic carbocycles. The van der Waals surface area contributed by atoms with Crippen LogP contribution in [0.15, 0.2) is 36.4 Å². The molecule has 0 saturated heterocycles. The molecule has 0 fully saturated rings. The first-order chi connectivity index (χ1) is 9.11. The molecule has 1 nitrogen and oxygen atoms in total. The van der Waals surface area contributed by atoms with Gasteiger partial charge in [0.05, 0.1) is 6.04 Å². The Bertz CT molecular complexity index is 607. The Morgan fingerprint density at radius 2 is 1.79 bits per heavy atom. The largest absolute Gasteiger partial charge is 0.378 e. The van der Waals surface area contributed by atoms with Crippen LogP contribution in [0, 0.1) is 11.6 Å². The zero-order chi connectivity index (χ0) is 13.4. The van der Waals surface area contributed by atoms with Gasteiger partial charge in [0.1, 0.15) is 11.6 Å². The smallest absolute Gasteiger partial charge is 0.128 e. The average molecular weight is 280 g/mol. The molecule has 19 heavy (non-hydrogen) atoms. The third kappa shape index (κ3) is 2.56. The zero-order valence-corrected chi connectivity index (χ0v) is 10.8. The molecule has 0 saturated carbocycles.